The molecule has 150 valence electrons. The third-order valence-corrected chi connectivity index (χ3v) is 5.93. The average Bonchev–Trinajstić information content (AvgIpc) is 2.95. The van der Waals surface area contributed by atoms with Crippen LogP contribution in [-0.2, 0) is 9.59 Å². The van der Waals surface area contributed by atoms with Crippen LogP contribution in [0.1, 0.15) is 37.7 Å². The summed E-state index contributed by atoms with van der Waals surface area (Å²) in [5.41, 5.74) is 0.240. The Bertz CT molecular complexity index is 796. The van der Waals surface area contributed by atoms with Gasteiger partial charge in [-0.25, -0.2) is 4.39 Å². The molecule has 1 N–H and O–H groups in total. The molecule has 0 bridgehead atoms. The van der Waals surface area contributed by atoms with Crippen LogP contribution in [-0.4, -0.2) is 57.7 Å². The first-order valence-electron chi connectivity index (χ1n) is 9.41. The molecule has 1 aromatic rings. The number of aliphatic hydroxyl groups excluding tert-OH is 1. The summed E-state index contributed by atoms with van der Waals surface area (Å²) in [5.74, 6) is -1.09. The normalized spacial score (nSPS) is 21.6. The molecule has 6 nitrogen and oxygen atoms in total. The van der Waals surface area contributed by atoms with Gasteiger partial charge in [0, 0.05) is 37.7 Å². The molecule has 1 aromatic carbocycles. The fourth-order valence-electron chi connectivity index (χ4n) is 3.56. The van der Waals surface area contributed by atoms with E-state index in [1.54, 1.807) is 17.0 Å². The van der Waals surface area contributed by atoms with Gasteiger partial charge >= 0.3 is 0 Å². The van der Waals surface area contributed by atoms with E-state index in [1.165, 1.54) is 18.2 Å². The van der Waals surface area contributed by atoms with Gasteiger partial charge in [0.2, 0.25) is 5.91 Å². The summed E-state index contributed by atoms with van der Waals surface area (Å²) in [4.78, 5) is 40.3. The molecule has 0 aliphatic carbocycles. The number of hydrogen-bond donors (Lipinski definition) is 1. The Labute approximate surface area is 167 Å². The smallest absolute Gasteiger partial charge is 0.293 e. The monoisotopic (exact) mass is 406 g/mol. The lowest BCUT2D eigenvalue weighted by molar-refractivity contribution is -0.135. The van der Waals surface area contributed by atoms with E-state index < -0.39 is 17.0 Å². The van der Waals surface area contributed by atoms with Crippen LogP contribution < -0.4 is 0 Å². The number of rotatable bonds is 6. The van der Waals surface area contributed by atoms with Gasteiger partial charge in [0.15, 0.2) is 0 Å². The van der Waals surface area contributed by atoms with Crippen molar-refractivity contribution >= 4 is 34.9 Å². The maximum absolute atomic E-state index is 13.8. The van der Waals surface area contributed by atoms with Crippen LogP contribution in [0.25, 0.3) is 6.08 Å². The molecule has 0 saturated carbocycles. The molecule has 0 spiro atoms. The van der Waals surface area contributed by atoms with E-state index >= 15 is 0 Å². The Balaban J connectivity index is 1.63. The van der Waals surface area contributed by atoms with Crippen LogP contribution in [0, 0.1) is 5.82 Å². The highest BCUT2D eigenvalue weighted by molar-refractivity contribution is 8.18. The number of carbonyl (C=O) groups excluding carboxylic acids is 3. The van der Waals surface area contributed by atoms with Gasteiger partial charge in [0.05, 0.1) is 4.91 Å². The lowest BCUT2D eigenvalue weighted by Gasteiger charge is -2.36. The molecule has 28 heavy (non-hydrogen) atoms. The number of imide groups is 1. The van der Waals surface area contributed by atoms with E-state index in [0.29, 0.717) is 13.0 Å². The minimum absolute atomic E-state index is 0.000453. The van der Waals surface area contributed by atoms with Crippen molar-refractivity contribution in [2.75, 3.05) is 19.7 Å². The highest BCUT2D eigenvalue weighted by Crippen LogP contribution is 2.33. The zero-order chi connectivity index (χ0) is 20.1. The first-order valence-corrected chi connectivity index (χ1v) is 10.2. The molecule has 2 heterocycles. The molecule has 0 aromatic heterocycles. The number of carbonyl (C=O) groups is 3. The Morgan fingerprint density at radius 3 is 2.82 bits per heavy atom. The zero-order valence-electron chi connectivity index (χ0n) is 15.5. The highest BCUT2D eigenvalue weighted by atomic mass is 32.2. The summed E-state index contributed by atoms with van der Waals surface area (Å²) in [6.07, 6.45) is 4.76. The topological polar surface area (TPSA) is 77.9 Å². The molecule has 1 atom stereocenters. The Morgan fingerprint density at radius 1 is 1.29 bits per heavy atom. The van der Waals surface area contributed by atoms with Crippen LogP contribution in [0.3, 0.4) is 0 Å². The van der Waals surface area contributed by atoms with E-state index in [2.05, 4.69) is 0 Å². The summed E-state index contributed by atoms with van der Waals surface area (Å²) >= 11 is 0.755. The zero-order valence-corrected chi connectivity index (χ0v) is 16.3. The SMILES string of the molecule is O=C1SC(=Cc2ccccc2F)C(=O)N1CCC(=O)N1CCCCC1CCO. The van der Waals surface area contributed by atoms with Crippen molar-refractivity contribution in [2.24, 2.45) is 0 Å². The van der Waals surface area contributed by atoms with E-state index in [9.17, 15) is 23.9 Å². The minimum atomic E-state index is -0.503. The summed E-state index contributed by atoms with van der Waals surface area (Å²) in [6.45, 7) is 0.664. The molecule has 2 aliphatic rings. The van der Waals surface area contributed by atoms with E-state index in [0.717, 1.165) is 35.9 Å². The molecular formula is C20H23FN2O4S. The van der Waals surface area contributed by atoms with Crippen LogP contribution in [0.15, 0.2) is 29.2 Å². The van der Waals surface area contributed by atoms with Crippen molar-refractivity contribution in [1.82, 2.24) is 9.80 Å². The largest absolute Gasteiger partial charge is 0.396 e. The summed E-state index contributed by atoms with van der Waals surface area (Å²) in [7, 11) is 0. The van der Waals surface area contributed by atoms with E-state index in [4.69, 9.17) is 0 Å². The van der Waals surface area contributed by atoms with Gasteiger partial charge < -0.3 is 10.0 Å². The molecule has 3 amide bonds. The van der Waals surface area contributed by atoms with Crippen LogP contribution in [0.2, 0.25) is 0 Å². The Kier molecular flexibility index (Phi) is 6.85. The third-order valence-electron chi connectivity index (χ3n) is 5.02. The number of amides is 3. The van der Waals surface area contributed by atoms with Gasteiger partial charge in [-0.2, -0.15) is 0 Å². The number of aliphatic hydroxyl groups is 1. The highest BCUT2D eigenvalue weighted by Gasteiger charge is 2.36. The van der Waals surface area contributed by atoms with E-state index in [1.807, 2.05) is 0 Å². The molecule has 2 saturated heterocycles. The fraction of sp³-hybridized carbons (Fsp3) is 0.450. The number of likely N-dealkylation sites (tertiary alicyclic amines) is 1. The van der Waals surface area contributed by atoms with Gasteiger partial charge in [-0.3, -0.25) is 19.3 Å². The molecule has 2 aliphatic heterocycles. The number of thioether (sulfide) groups is 1. The maximum atomic E-state index is 13.8. The van der Waals surface area contributed by atoms with Gasteiger partial charge in [0.1, 0.15) is 5.82 Å². The number of nitrogens with zero attached hydrogens (tertiary/aromatic N) is 2. The molecule has 0 radical (unpaired) electrons. The molecule has 1 unspecified atom stereocenters. The first kappa shape index (κ1) is 20.5. The van der Waals surface area contributed by atoms with Crippen molar-refractivity contribution in [3.8, 4) is 0 Å². The van der Waals surface area contributed by atoms with Crippen LogP contribution in [0.5, 0.6) is 0 Å². The molecular weight excluding hydrogens is 383 g/mol. The minimum Gasteiger partial charge on any atom is -0.396 e. The van der Waals surface area contributed by atoms with Crippen molar-refractivity contribution in [2.45, 2.75) is 38.1 Å². The van der Waals surface area contributed by atoms with Gasteiger partial charge in [0.25, 0.3) is 11.1 Å². The number of piperidine rings is 1. The number of benzene rings is 1. The molecule has 2 fully saturated rings. The summed E-state index contributed by atoms with van der Waals surface area (Å²) < 4.78 is 13.8. The maximum Gasteiger partial charge on any atom is 0.293 e. The Morgan fingerprint density at radius 2 is 2.07 bits per heavy atom. The van der Waals surface area contributed by atoms with Gasteiger partial charge in [-0.05, 0) is 49.6 Å². The van der Waals surface area contributed by atoms with Crippen molar-refractivity contribution in [1.29, 1.82) is 0 Å². The standard InChI is InChI=1S/C20H23FN2O4S/c21-16-7-2-1-5-14(16)13-17-19(26)23(20(27)28-17)11-8-18(25)22-10-4-3-6-15(22)9-12-24/h1-2,5,7,13,15,24H,3-4,6,8-12H2. The lowest BCUT2D eigenvalue weighted by atomic mass is 9.99. The lowest BCUT2D eigenvalue weighted by Crippen LogP contribution is -2.45. The van der Waals surface area contributed by atoms with Crippen molar-refractivity contribution in [3.63, 3.8) is 0 Å². The second kappa shape index (κ2) is 9.34. The van der Waals surface area contributed by atoms with E-state index in [-0.39, 0.29) is 42.0 Å². The quantitative estimate of drug-likeness (QED) is 0.735. The van der Waals surface area contributed by atoms with Gasteiger partial charge in [-0.1, -0.05) is 18.2 Å². The molecule has 3 rings (SSSR count). The number of hydrogen-bond acceptors (Lipinski definition) is 5. The second-order valence-corrected chi connectivity index (χ2v) is 7.85. The van der Waals surface area contributed by atoms with Crippen LogP contribution >= 0.6 is 11.8 Å². The van der Waals surface area contributed by atoms with Gasteiger partial charge in [-0.15, -0.1) is 0 Å². The van der Waals surface area contributed by atoms with Crippen molar-refractivity contribution in [3.05, 3.63) is 40.6 Å². The van der Waals surface area contributed by atoms with Crippen LogP contribution in [0.4, 0.5) is 9.18 Å². The van der Waals surface area contributed by atoms with Crippen molar-refractivity contribution < 1.29 is 23.9 Å². The fourth-order valence-corrected chi connectivity index (χ4v) is 4.41. The average molecular weight is 406 g/mol. The third kappa shape index (κ3) is 4.62. The predicted octanol–water partition coefficient (Wildman–Crippen LogP) is 3.02. The summed E-state index contributed by atoms with van der Waals surface area (Å²) in [6, 6.07) is 6.04. The second-order valence-electron chi connectivity index (χ2n) is 6.85. The summed E-state index contributed by atoms with van der Waals surface area (Å²) in [5, 5.41) is 8.74. The predicted molar refractivity (Wildman–Crippen MR) is 105 cm³/mol. The Hall–Kier alpha value is -2.19. The number of halogens is 1. The molecule has 8 heteroatoms. The first-order chi connectivity index (χ1) is 13.5.